The van der Waals surface area contributed by atoms with Gasteiger partial charge in [0.05, 0.1) is 0 Å². The number of hydrogen-bond donors (Lipinski definition) is 1. The van der Waals surface area contributed by atoms with Gasteiger partial charge in [-0.05, 0) is 11.8 Å². The normalized spacial score (nSPS) is 6.14. The Hall–Kier alpha value is -0.0200. The lowest BCUT2D eigenvalue weighted by Gasteiger charge is -1.71. The average molecular weight is 124 g/mol. The van der Waals surface area contributed by atoms with Crippen LogP contribution in [0.5, 0.6) is 0 Å². The zero-order valence-corrected chi connectivity index (χ0v) is 5.04. The second-order valence-electron chi connectivity index (χ2n) is 0.955. The van der Waals surface area contributed by atoms with E-state index in [0.29, 0.717) is 0 Å². The number of halogens is 1. The van der Waals surface area contributed by atoms with Crippen molar-refractivity contribution < 1.29 is 9.84 Å². The molecule has 0 saturated heterocycles. The van der Waals surface area contributed by atoms with Gasteiger partial charge in [0.25, 0.3) is 0 Å². The summed E-state index contributed by atoms with van der Waals surface area (Å²) < 4.78 is 8.50. The zero-order chi connectivity index (χ0) is 6.12. The van der Waals surface area contributed by atoms with E-state index in [9.17, 15) is 0 Å². The molecule has 7 heavy (non-hydrogen) atoms. The summed E-state index contributed by atoms with van der Waals surface area (Å²) in [5.41, 5.74) is 0. The summed E-state index contributed by atoms with van der Waals surface area (Å²) >= 11 is 4.53. The fraction of sp³-hybridized carbons (Fsp3) is 0.750. The highest BCUT2D eigenvalue weighted by atomic mass is 32.1. The van der Waals surface area contributed by atoms with Gasteiger partial charge in [-0.3, -0.25) is 0 Å². The van der Waals surface area contributed by atoms with Crippen molar-refractivity contribution in [3.63, 3.8) is 0 Å². The minimum atomic E-state index is 1.08. The Morgan fingerprint density at radius 1 is 1.71 bits per heavy atom. The van der Waals surface area contributed by atoms with Crippen molar-refractivity contribution in [2.75, 3.05) is 0 Å². The lowest BCUT2D eigenvalue weighted by molar-refractivity contribution is -0.0441. The van der Waals surface area contributed by atoms with Crippen molar-refractivity contribution in [1.82, 2.24) is 0 Å². The maximum atomic E-state index is 8.50. The minimum absolute atomic E-state index is 1.08. The van der Waals surface area contributed by atoms with Crippen LogP contribution in [0.4, 0.5) is 4.53 Å². The molecular weight excluding hydrogens is 115 g/mol. The summed E-state index contributed by atoms with van der Waals surface area (Å²) in [6.07, 6.45) is 2.26. The third-order valence-electron chi connectivity index (χ3n) is 0.407. The molecule has 0 unspecified atom stereocenters. The van der Waals surface area contributed by atoms with E-state index in [1.165, 1.54) is 6.42 Å². The molecule has 0 amide bonds. The van der Waals surface area contributed by atoms with Crippen molar-refractivity contribution in [2.45, 2.75) is 19.8 Å². The van der Waals surface area contributed by atoms with Gasteiger partial charge in [-0.1, -0.05) is 30.1 Å². The number of unbranched alkanes of at least 4 members (excludes halogenated alkanes) is 1. The molecule has 0 spiro atoms. The summed E-state index contributed by atoms with van der Waals surface area (Å²) in [6, 6.07) is 0. The lowest BCUT2D eigenvalue weighted by Crippen LogP contribution is -1.61. The summed E-state index contributed by atoms with van der Waals surface area (Å²) in [4.78, 5) is 0. The first-order valence-corrected chi connectivity index (χ1v) is 2.49. The summed E-state index contributed by atoms with van der Waals surface area (Å²) in [5, 5.41) is 7.26. The van der Waals surface area contributed by atoms with E-state index >= 15 is 0 Å². The summed E-state index contributed by atoms with van der Waals surface area (Å²) in [6.45, 7) is 2.11. The first-order valence-electron chi connectivity index (χ1n) is 2.02. The molecule has 0 aromatic carbocycles. The third kappa shape index (κ3) is 24.2. The van der Waals surface area contributed by atoms with E-state index in [-0.39, 0.29) is 0 Å². The van der Waals surface area contributed by atoms with Gasteiger partial charge in [-0.15, -0.1) is 0 Å². The fourth-order valence-electron chi connectivity index (χ4n) is 0.118. The SMILES string of the molecule is CCCC=S.OF. The Kier molecular flexibility index (Phi) is 24.0. The highest BCUT2D eigenvalue weighted by molar-refractivity contribution is 7.78. The molecule has 0 heterocycles. The topological polar surface area (TPSA) is 20.2 Å². The molecule has 1 N–H and O–H groups in total. The largest absolute Gasteiger partial charge is 0.209 e. The molecule has 1 nitrogen and oxygen atoms in total. The van der Waals surface area contributed by atoms with Crippen molar-refractivity contribution in [2.24, 2.45) is 0 Å². The van der Waals surface area contributed by atoms with Crippen LogP contribution < -0.4 is 0 Å². The van der Waals surface area contributed by atoms with E-state index in [0.717, 1.165) is 6.42 Å². The molecule has 0 aromatic heterocycles. The molecule has 0 rings (SSSR count). The van der Waals surface area contributed by atoms with Crippen LogP contribution in [0, 0.1) is 0 Å². The van der Waals surface area contributed by atoms with Gasteiger partial charge in [0, 0.05) is 0 Å². The highest BCUT2D eigenvalue weighted by Crippen LogP contribution is 1.77. The van der Waals surface area contributed by atoms with Crippen molar-refractivity contribution >= 4 is 17.6 Å². The minimum Gasteiger partial charge on any atom is -0.209 e. The predicted molar refractivity (Wildman–Crippen MR) is 31.9 cm³/mol. The first kappa shape index (κ1) is 10.1. The highest BCUT2D eigenvalue weighted by Gasteiger charge is 1.63. The van der Waals surface area contributed by atoms with E-state index in [1.807, 2.05) is 0 Å². The Morgan fingerprint density at radius 2 is 2.14 bits per heavy atom. The van der Waals surface area contributed by atoms with Gasteiger partial charge in [0.15, 0.2) is 0 Å². The Bertz CT molecular complexity index is 32.9. The molecule has 0 fully saturated rings. The van der Waals surface area contributed by atoms with Crippen molar-refractivity contribution in [3.8, 4) is 0 Å². The molecule has 0 radical (unpaired) electrons. The lowest BCUT2D eigenvalue weighted by atomic mass is 10.4. The molecule has 0 atom stereocenters. The summed E-state index contributed by atoms with van der Waals surface area (Å²) in [5.74, 6) is 0. The number of thiocarbonyl (C=S) groups is 1. The van der Waals surface area contributed by atoms with Gasteiger partial charge >= 0.3 is 0 Å². The quantitative estimate of drug-likeness (QED) is 0.565. The van der Waals surface area contributed by atoms with Gasteiger partial charge < -0.3 is 0 Å². The fourth-order valence-corrected chi connectivity index (χ4v) is 0.354. The van der Waals surface area contributed by atoms with Crippen LogP contribution in [0.2, 0.25) is 0 Å². The second kappa shape index (κ2) is 16.7. The number of rotatable bonds is 2. The third-order valence-corrected chi connectivity index (χ3v) is 0.642. The van der Waals surface area contributed by atoms with Crippen LogP contribution in [0.1, 0.15) is 19.8 Å². The zero-order valence-electron chi connectivity index (χ0n) is 4.22. The molecular formula is C4H9FOS. The second-order valence-corrected chi connectivity index (χ2v) is 1.29. The van der Waals surface area contributed by atoms with Crippen LogP contribution >= 0.6 is 12.2 Å². The smallest absolute Gasteiger partial charge is 0.0211 e. The van der Waals surface area contributed by atoms with Gasteiger partial charge in [0.2, 0.25) is 0 Å². The van der Waals surface area contributed by atoms with E-state index < -0.39 is 0 Å². The van der Waals surface area contributed by atoms with Crippen LogP contribution in [0.15, 0.2) is 0 Å². The molecule has 0 saturated carbocycles. The standard InChI is InChI=1S/C4H8S.FHO/c1-2-3-4-5;1-2/h4H,2-3H2,1H3;2H. The van der Waals surface area contributed by atoms with Crippen LogP contribution in [0.25, 0.3) is 0 Å². The van der Waals surface area contributed by atoms with Gasteiger partial charge in [-0.25, -0.2) is 5.31 Å². The van der Waals surface area contributed by atoms with Crippen LogP contribution in [0.3, 0.4) is 0 Å². The first-order chi connectivity index (χ1) is 3.41. The molecule has 0 aliphatic carbocycles. The molecule has 0 aliphatic rings. The monoisotopic (exact) mass is 124 g/mol. The van der Waals surface area contributed by atoms with Crippen LogP contribution in [-0.2, 0) is 0 Å². The van der Waals surface area contributed by atoms with Crippen molar-refractivity contribution in [3.05, 3.63) is 0 Å². The average Bonchev–Trinajstić information content (AvgIpc) is 1.75. The maximum Gasteiger partial charge on any atom is -0.0211 e. The molecule has 0 aromatic rings. The van der Waals surface area contributed by atoms with Crippen LogP contribution in [-0.4, -0.2) is 10.7 Å². The van der Waals surface area contributed by atoms with Crippen molar-refractivity contribution in [1.29, 1.82) is 0 Å². The Labute approximate surface area is 48.1 Å². The Balaban J connectivity index is 0. The number of hydrogen-bond acceptors (Lipinski definition) is 2. The molecule has 0 aliphatic heterocycles. The molecule has 0 bridgehead atoms. The van der Waals surface area contributed by atoms with Gasteiger partial charge in [-0.2, -0.15) is 0 Å². The van der Waals surface area contributed by atoms with Gasteiger partial charge in [0.1, 0.15) is 0 Å². The predicted octanol–water partition coefficient (Wildman–Crippen LogP) is 1.65. The summed E-state index contributed by atoms with van der Waals surface area (Å²) in [7, 11) is 0. The van der Waals surface area contributed by atoms with E-state index in [2.05, 4.69) is 19.1 Å². The molecule has 44 valence electrons. The van der Waals surface area contributed by atoms with E-state index in [1.54, 1.807) is 5.37 Å². The maximum absolute atomic E-state index is 8.50. The Morgan fingerprint density at radius 3 is 2.14 bits per heavy atom. The van der Waals surface area contributed by atoms with E-state index in [4.69, 9.17) is 9.84 Å². The molecule has 3 heteroatoms.